The van der Waals surface area contributed by atoms with E-state index in [2.05, 4.69) is 42.3 Å². The van der Waals surface area contributed by atoms with Gasteiger partial charge in [-0.15, -0.1) is 0 Å². The van der Waals surface area contributed by atoms with Gasteiger partial charge in [-0.1, -0.05) is 18.2 Å². The molecule has 0 aliphatic carbocycles. The molecule has 2 amide bonds. The van der Waals surface area contributed by atoms with Gasteiger partial charge in [0.05, 0.1) is 6.61 Å². The van der Waals surface area contributed by atoms with Crippen molar-refractivity contribution < 1.29 is 14.7 Å². The summed E-state index contributed by atoms with van der Waals surface area (Å²) in [5.74, 6) is -0.351. The zero-order valence-corrected chi connectivity index (χ0v) is 13.6. The summed E-state index contributed by atoms with van der Waals surface area (Å²) in [5, 5.41) is 11.8. The number of benzene rings is 1. The van der Waals surface area contributed by atoms with E-state index in [-0.39, 0.29) is 18.4 Å². The number of piperazine rings is 2. The van der Waals surface area contributed by atoms with Crippen molar-refractivity contribution in [3.05, 3.63) is 34.9 Å². The number of hydrogen-bond acceptors (Lipinski definition) is 4. The molecule has 2 N–H and O–H groups in total. The second kappa shape index (κ2) is 6.29. The molecule has 23 heavy (non-hydrogen) atoms. The fraction of sp³-hybridized carbons (Fsp3) is 0.529. The van der Waals surface area contributed by atoms with Crippen molar-refractivity contribution >= 4 is 11.8 Å². The van der Waals surface area contributed by atoms with Gasteiger partial charge in [-0.25, -0.2) is 0 Å². The smallest absolute Gasteiger partial charge is 0.248 e. The number of fused-ring (bicyclic) bond motifs is 1. The highest BCUT2D eigenvalue weighted by Crippen LogP contribution is 2.19. The van der Waals surface area contributed by atoms with E-state index in [1.54, 1.807) is 4.90 Å². The number of carbonyl (C=O) groups is 2. The van der Waals surface area contributed by atoms with Gasteiger partial charge in [0.25, 0.3) is 0 Å². The summed E-state index contributed by atoms with van der Waals surface area (Å²) in [7, 11) is 0. The molecule has 2 saturated heterocycles. The van der Waals surface area contributed by atoms with Gasteiger partial charge >= 0.3 is 0 Å². The third-order valence-electron chi connectivity index (χ3n) is 4.82. The minimum atomic E-state index is -0.787. The van der Waals surface area contributed by atoms with Crippen LogP contribution in [0.4, 0.5) is 0 Å². The third kappa shape index (κ3) is 3.09. The molecule has 2 atom stereocenters. The predicted molar refractivity (Wildman–Crippen MR) is 85.7 cm³/mol. The van der Waals surface area contributed by atoms with Gasteiger partial charge in [0.15, 0.2) is 0 Å². The van der Waals surface area contributed by atoms with Crippen LogP contribution >= 0.6 is 0 Å². The molecule has 6 nitrogen and oxygen atoms in total. The summed E-state index contributed by atoms with van der Waals surface area (Å²) in [4.78, 5) is 28.2. The number of rotatable bonds is 3. The Hall–Kier alpha value is -1.92. The summed E-state index contributed by atoms with van der Waals surface area (Å²) >= 11 is 0. The topological polar surface area (TPSA) is 72.9 Å². The number of nitrogens with one attached hydrogen (secondary N) is 1. The van der Waals surface area contributed by atoms with Gasteiger partial charge in [-0.3, -0.25) is 14.5 Å². The van der Waals surface area contributed by atoms with Crippen LogP contribution in [0.1, 0.15) is 16.7 Å². The van der Waals surface area contributed by atoms with E-state index in [0.717, 1.165) is 13.1 Å². The van der Waals surface area contributed by atoms with Crippen molar-refractivity contribution in [2.24, 2.45) is 0 Å². The highest BCUT2D eigenvalue weighted by Gasteiger charge is 2.42. The lowest BCUT2D eigenvalue weighted by atomic mass is 10.0. The first-order valence-corrected chi connectivity index (χ1v) is 8.00. The zero-order chi connectivity index (χ0) is 16.6. The Morgan fingerprint density at radius 2 is 2.00 bits per heavy atom. The van der Waals surface area contributed by atoms with Gasteiger partial charge in [0, 0.05) is 26.2 Å². The molecule has 0 bridgehead atoms. The lowest BCUT2D eigenvalue weighted by molar-refractivity contribution is -0.154. The fourth-order valence-electron chi connectivity index (χ4n) is 3.28. The van der Waals surface area contributed by atoms with E-state index >= 15 is 0 Å². The highest BCUT2D eigenvalue weighted by molar-refractivity contribution is 5.97. The molecule has 0 radical (unpaired) electrons. The minimum absolute atomic E-state index is 0.173. The molecule has 6 heteroatoms. The fourth-order valence-corrected chi connectivity index (χ4v) is 3.28. The van der Waals surface area contributed by atoms with Crippen LogP contribution in [0, 0.1) is 13.8 Å². The van der Waals surface area contributed by atoms with E-state index in [4.69, 9.17) is 0 Å². The van der Waals surface area contributed by atoms with Crippen LogP contribution in [0.2, 0.25) is 0 Å². The minimum Gasteiger partial charge on any atom is -0.394 e. The largest absolute Gasteiger partial charge is 0.394 e. The first-order chi connectivity index (χ1) is 11.0. The molecule has 0 saturated carbocycles. The number of aryl methyl sites for hydroxylation is 2. The molecule has 2 aliphatic heterocycles. The van der Waals surface area contributed by atoms with Crippen LogP contribution in [0.15, 0.2) is 18.2 Å². The average molecular weight is 317 g/mol. The van der Waals surface area contributed by atoms with Crippen molar-refractivity contribution in [3.63, 3.8) is 0 Å². The lowest BCUT2D eigenvalue weighted by Crippen LogP contribution is -2.69. The Labute approximate surface area is 136 Å². The molecule has 0 spiro atoms. The summed E-state index contributed by atoms with van der Waals surface area (Å²) in [6.07, 6.45) is 0. The monoisotopic (exact) mass is 317 g/mol. The first-order valence-electron chi connectivity index (χ1n) is 8.00. The number of aliphatic hydroxyl groups excluding tert-OH is 1. The zero-order valence-electron chi connectivity index (χ0n) is 13.6. The van der Waals surface area contributed by atoms with Gasteiger partial charge in [-0.05, 0) is 30.5 Å². The second-order valence-electron chi connectivity index (χ2n) is 6.44. The molecule has 1 aromatic carbocycles. The van der Waals surface area contributed by atoms with E-state index in [0.29, 0.717) is 13.1 Å². The summed E-state index contributed by atoms with van der Waals surface area (Å²) < 4.78 is 0. The molecular formula is C17H23N3O3. The van der Waals surface area contributed by atoms with Crippen LogP contribution in [0.5, 0.6) is 0 Å². The molecule has 3 rings (SSSR count). The Balaban J connectivity index is 1.69. The second-order valence-corrected chi connectivity index (χ2v) is 6.44. The number of aliphatic hydroxyl groups is 1. The first kappa shape index (κ1) is 16.0. The quantitative estimate of drug-likeness (QED) is 0.810. The van der Waals surface area contributed by atoms with E-state index in [1.807, 2.05) is 0 Å². The van der Waals surface area contributed by atoms with Crippen LogP contribution in [0.3, 0.4) is 0 Å². The van der Waals surface area contributed by atoms with Gasteiger partial charge in [-0.2, -0.15) is 0 Å². The molecule has 2 heterocycles. The standard InChI is InChI=1S/C17H23N3O3/c1-11-3-4-13(7-12(11)2)8-19-5-6-20-15(9-19)16(22)18-14(10-21)17(20)23/h3-4,7,14-15,21H,5-6,8-10H2,1-2H3,(H,18,22)/t14-,15-/m1/s1. The molecular weight excluding hydrogens is 294 g/mol. The summed E-state index contributed by atoms with van der Waals surface area (Å²) in [6, 6.07) is 5.16. The molecule has 0 unspecified atom stereocenters. The Bertz CT molecular complexity index is 632. The molecule has 124 valence electrons. The van der Waals surface area contributed by atoms with Crippen LogP contribution < -0.4 is 5.32 Å². The predicted octanol–water partition coefficient (Wildman–Crippen LogP) is -0.193. The molecule has 2 fully saturated rings. The van der Waals surface area contributed by atoms with Crippen LogP contribution in [0.25, 0.3) is 0 Å². The van der Waals surface area contributed by atoms with Crippen molar-refractivity contribution in [2.45, 2.75) is 32.5 Å². The Morgan fingerprint density at radius 3 is 2.70 bits per heavy atom. The molecule has 1 aromatic rings. The molecule has 2 aliphatic rings. The van der Waals surface area contributed by atoms with Gasteiger partial charge in [0.2, 0.25) is 11.8 Å². The third-order valence-corrected chi connectivity index (χ3v) is 4.82. The van der Waals surface area contributed by atoms with Crippen LogP contribution in [-0.2, 0) is 16.1 Å². The maximum Gasteiger partial charge on any atom is 0.248 e. The van der Waals surface area contributed by atoms with Crippen molar-refractivity contribution in [1.29, 1.82) is 0 Å². The SMILES string of the molecule is Cc1ccc(CN2CCN3C(=O)[C@@H](CO)NC(=O)[C@H]3C2)cc1C. The van der Waals surface area contributed by atoms with Crippen molar-refractivity contribution in [1.82, 2.24) is 15.1 Å². The number of carbonyl (C=O) groups excluding carboxylic acids is 2. The summed E-state index contributed by atoms with van der Waals surface area (Å²) in [5.41, 5.74) is 3.75. The number of amides is 2. The van der Waals surface area contributed by atoms with E-state index in [9.17, 15) is 14.7 Å². The average Bonchev–Trinajstić information content (AvgIpc) is 2.54. The van der Waals surface area contributed by atoms with E-state index < -0.39 is 12.1 Å². The van der Waals surface area contributed by atoms with Crippen molar-refractivity contribution in [2.75, 3.05) is 26.2 Å². The van der Waals surface area contributed by atoms with Gasteiger partial charge < -0.3 is 15.3 Å². The summed E-state index contributed by atoms with van der Waals surface area (Å²) in [6.45, 7) is 6.41. The van der Waals surface area contributed by atoms with E-state index in [1.165, 1.54) is 16.7 Å². The van der Waals surface area contributed by atoms with Crippen molar-refractivity contribution in [3.8, 4) is 0 Å². The number of hydrogen-bond donors (Lipinski definition) is 2. The van der Waals surface area contributed by atoms with Crippen LogP contribution in [-0.4, -0.2) is 65.0 Å². The lowest BCUT2D eigenvalue weighted by Gasteiger charge is -2.45. The maximum absolute atomic E-state index is 12.2. The van der Waals surface area contributed by atoms with Gasteiger partial charge in [0.1, 0.15) is 12.1 Å². The molecule has 0 aromatic heterocycles. The maximum atomic E-state index is 12.2. The normalized spacial score (nSPS) is 25.3. The Kier molecular flexibility index (Phi) is 4.37. The highest BCUT2D eigenvalue weighted by atomic mass is 16.3. The number of nitrogens with zero attached hydrogens (tertiary/aromatic N) is 2. The Morgan fingerprint density at radius 1 is 1.22 bits per heavy atom.